The number of aromatic nitrogens is 1. The molecule has 0 radical (unpaired) electrons. The van der Waals surface area contributed by atoms with E-state index in [1.165, 1.54) is 12.1 Å². The van der Waals surface area contributed by atoms with Gasteiger partial charge in [-0.25, -0.2) is 14.4 Å². The molecule has 38 heavy (non-hydrogen) atoms. The molecule has 0 saturated carbocycles. The van der Waals surface area contributed by atoms with Crippen LogP contribution in [0.2, 0.25) is 0 Å². The topological polar surface area (TPSA) is 100 Å². The normalized spacial score (nSPS) is 20.3. The first kappa shape index (κ1) is 29.0. The number of aliphatic imine (C=N–C) groups is 1. The third kappa shape index (κ3) is 7.74. The second kappa shape index (κ2) is 13.9. The van der Waals surface area contributed by atoms with Gasteiger partial charge in [-0.3, -0.25) is 0 Å². The van der Waals surface area contributed by atoms with Crippen molar-refractivity contribution in [3.63, 3.8) is 0 Å². The van der Waals surface area contributed by atoms with Crippen molar-refractivity contribution in [2.45, 2.75) is 32.4 Å². The van der Waals surface area contributed by atoms with E-state index >= 15 is 0 Å². The first-order valence-corrected chi connectivity index (χ1v) is 12.4. The highest BCUT2D eigenvalue weighted by atomic mass is 19.1. The number of nitrogens with zero attached hydrogens (tertiary/aromatic N) is 2. The SMILES string of the molecule is C=C(N)/N=C1/CC(c2ccc(F)cc2-c2cccc(OC)n2)NC(=C)C1=C(C)C.COCC1COCCO1. The van der Waals surface area contributed by atoms with Crippen LogP contribution in [0.1, 0.15) is 31.9 Å². The molecule has 2 aromatic rings. The lowest BCUT2D eigenvalue weighted by molar-refractivity contribution is -0.110. The van der Waals surface area contributed by atoms with Crippen molar-refractivity contribution in [1.29, 1.82) is 0 Å². The average molecular weight is 525 g/mol. The van der Waals surface area contributed by atoms with Crippen LogP contribution in [0.25, 0.3) is 11.3 Å². The highest BCUT2D eigenvalue weighted by Gasteiger charge is 2.28. The predicted molar refractivity (Wildman–Crippen MR) is 147 cm³/mol. The Morgan fingerprint density at radius 3 is 2.66 bits per heavy atom. The van der Waals surface area contributed by atoms with E-state index in [0.717, 1.165) is 34.7 Å². The maximum absolute atomic E-state index is 14.1. The summed E-state index contributed by atoms with van der Waals surface area (Å²) >= 11 is 0. The molecule has 1 aromatic carbocycles. The second-order valence-electron chi connectivity index (χ2n) is 9.12. The summed E-state index contributed by atoms with van der Waals surface area (Å²) in [7, 11) is 3.21. The van der Waals surface area contributed by atoms with Gasteiger partial charge in [0.15, 0.2) is 0 Å². The van der Waals surface area contributed by atoms with Crippen molar-refractivity contribution in [1.82, 2.24) is 10.3 Å². The molecule has 2 aliphatic heterocycles. The van der Waals surface area contributed by atoms with Gasteiger partial charge in [-0.15, -0.1) is 0 Å². The number of halogens is 1. The summed E-state index contributed by atoms with van der Waals surface area (Å²) in [5.74, 6) is 0.366. The molecule has 2 aliphatic rings. The van der Waals surface area contributed by atoms with Crippen molar-refractivity contribution in [2.75, 3.05) is 40.6 Å². The molecule has 0 amide bonds. The lowest BCUT2D eigenvalue weighted by Crippen LogP contribution is -2.33. The number of benzene rings is 1. The van der Waals surface area contributed by atoms with Crippen molar-refractivity contribution in [3.05, 3.63) is 83.6 Å². The molecule has 2 fully saturated rings. The Morgan fingerprint density at radius 2 is 2.03 bits per heavy atom. The van der Waals surface area contributed by atoms with Crippen LogP contribution in [0, 0.1) is 5.82 Å². The summed E-state index contributed by atoms with van der Waals surface area (Å²) in [6.45, 7) is 14.6. The Balaban J connectivity index is 0.000000375. The van der Waals surface area contributed by atoms with Crippen LogP contribution in [0.4, 0.5) is 4.39 Å². The van der Waals surface area contributed by atoms with Crippen LogP contribution < -0.4 is 15.8 Å². The van der Waals surface area contributed by atoms with Gasteiger partial charge in [-0.1, -0.05) is 30.9 Å². The molecule has 2 unspecified atom stereocenters. The monoisotopic (exact) mass is 524 g/mol. The fourth-order valence-corrected chi connectivity index (χ4v) is 4.41. The van der Waals surface area contributed by atoms with E-state index in [2.05, 4.69) is 28.5 Å². The Hall–Kier alpha value is -3.53. The minimum Gasteiger partial charge on any atom is -0.481 e. The van der Waals surface area contributed by atoms with Crippen molar-refractivity contribution >= 4 is 5.71 Å². The minimum absolute atomic E-state index is 0.156. The number of allylic oxidation sites excluding steroid dienone is 2. The number of hydrogen-bond donors (Lipinski definition) is 2. The predicted octanol–water partition coefficient (Wildman–Crippen LogP) is 4.70. The molecule has 3 heterocycles. The first-order chi connectivity index (χ1) is 18.2. The molecule has 204 valence electrons. The Morgan fingerprint density at radius 1 is 1.24 bits per heavy atom. The van der Waals surface area contributed by atoms with Gasteiger partial charge in [0.2, 0.25) is 5.88 Å². The molecule has 9 heteroatoms. The number of rotatable bonds is 6. The van der Waals surface area contributed by atoms with E-state index in [1.807, 2.05) is 26.0 Å². The van der Waals surface area contributed by atoms with E-state index in [9.17, 15) is 4.39 Å². The summed E-state index contributed by atoms with van der Waals surface area (Å²) in [5.41, 5.74) is 11.5. The highest BCUT2D eigenvalue weighted by Crippen LogP contribution is 2.36. The Bertz CT molecular complexity index is 1200. The Labute approximate surface area is 224 Å². The number of nitrogens with two attached hydrogens (primary N) is 1. The first-order valence-electron chi connectivity index (χ1n) is 12.4. The van der Waals surface area contributed by atoms with Gasteiger partial charge in [0.1, 0.15) is 17.7 Å². The van der Waals surface area contributed by atoms with Gasteiger partial charge in [0, 0.05) is 36.4 Å². The largest absolute Gasteiger partial charge is 0.481 e. The summed E-state index contributed by atoms with van der Waals surface area (Å²) in [6.07, 6.45) is 0.710. The van der Waals surface area contributed by atoms with Gasteiger partial charge >= 0.3 is 0 Å². The summed E-state index contributed by atoms with van der Waals surface area (Å²) < 4.78 is 34.6. The number of ether oxygens (including phenoxy) is 4. The van der Waals surface area contributed by atoms with Gasteiger partial charge in [-0.05, 0) is 37.6 Å². The molecule has 4 rings (SSSR count). The molecule has 0 aliphatic carbocycles. The highest BCUT2D eigenvalue weighted by molar-refractivity contribution is 6.06. The van der Waals surface area contributed by atoms with E-state index in [0.29, 0.717) is 43.4 Å². The van der Waals surface area contributed by atoms with E-state index in [-0.39, 0.29) is 23.8 Å². The zero-order chi connectivity index (χ0) is 27.7. The lowest BCUT2D eigenvalue weighted by Gasteiger charge is -2.32. The van der Waals surface area contributed by atoms with Crippen molar-refractivity contribution in [2.24, 2.45) is 10.7 Å². The molecule has 8 nitrogen and oxygen atoms in total. The standard InChI is InChI=1S/C23H25FN4O.C6H12O3/c1-13(2)23-14(3)26-20(12-21(23)27-15(4)25)17-10-9-16(24)11-18(17)19-7-6-8-22(28-19)29-5;1-7-4-6-5-8-2-3-9-6/h6-11,20,26H,3-4,12,25H2,1-2,5H3;6H,2-5H2,1H3/b27-21-;. The van der Waals surface area contributed by atoms with Gasteiger partial charge in [-0.2, -0.15) is 0 Å². The molecule has 2 atom stereocenters. The molecule has 0 spiro atoms. The van der Waals surface area contributed by atoms with E-state index in [1.54, 1.807) is 26.4 Å². The molecule has 1 aromatic heterocycles. The van der Waals surface area contributed by atoms with Gasteiger partial charge in [0.05, 0.1) is 51.0 Å². The number of piperidine rings is 1. The average Bonchev–Trinajstić information content (AvgIpc) is 2.89. The van der Waals surface area contributed by atoms with Crippen LogP contribution in [0.3, 0.4) is 0 Å². The molecular formula is C29H37FN4O4. The van der Waals surface area contributed by atoms with Crippen molar-refractivity contribution < 1.29 is 23.3 Å². The number of hydrogen-bond acceptors (Lipinski definition) is 8. The number of nitrogens with one attached hydrogen (secondary N) is 1. The summed E-state index contributed by atoms with van der Waals surface area (Å²) in [4.78, 5) is 8.92. The quantitative estimate of drug-likeness (QED) is 0.565. The smallest absolute Gasteiger partial charge is 0.213 e. The fourth-order valence-electron chi connectivity index (χ4n) is 4.41. The van der Waals surface area contributed by atoms with E-state index < -0.39 is 0 Å². The summed E-state index contributed by atoms with van der Waals surface area (Å²) in [6, 6.07) is 9.93. The fraction of sp³-hybridized carbons (Fsp3) is 0.379. The van der Waals surface area contributed by atoms with Crippen molar-refractivity contribution in [3.8, 4) is 17.1 Å². The molecule has 2 saturated heterocycles. The van der Waals surface area contributed by atoms with Gasteiger partial charge < -0.3 is 30.0 Å². The number of pyridine rings is 1. The van der Waals surface area contributed by atoms with E-state index in [4.69, 9.17) is 24.7 Å². The third-order valence-electron chi connectivity index (χ3n) is 5.95. The Kier molecular flexibility index (Phi) is 10.6. The maximum atomic E-state index is 14.1. The minimum atomic E-state index is -0.336. The van der Waals surface area contributed by atoms with Gasteiger partial charge in [0.25, 0.3) is 0 Å². The maximum Gasteiger partial charge on any atom is 0.213 e. The zero-order valence-corrected chi connectivity index (χ0v) is 22.6. The molecular weight excluding hydrogens is 487 g/mol. The van der Waals surface area contributed by atoms with Crippen LogP contribution in [0.15, 0.2) is 77.2 Å². The third-order valence-corrected chi connectivity index (χ3v) is 5.95. The second-order valence-corrected chi connectivity index (χ2v) is 9.12. The van der Waals surface area contributed by atoms with Crippen LogP contribution in [0.5, 0.6) is 5.88 Å². The van der Waals surface area contributed by atoms with Crippen LogP contribution >= 0.6 is 0 Å². The van der Waals surface area contributed by atoms with Crippen LogP contribution in [-0.2, 0) is 14.2 Å². The lowest BCUT2D eigenvalue weighted by atomic mass is 9.86. The number of methoxy groups -OCH3 is 2. The van der Waals surface area contributed by atoms with Crippen LogP contribution in [-0.4, -0.2) is 57.4 Å². The molecule has 3 N–H and O–H groups in total. The molecule has 0 bridgehead atoms. The summed E-state index contributed by atoms with van der Waals surface area (Å²) in [5, 5.41) is 3.44. The zero-order valence-electron chi connectivity index (χ0n) is 22.6.